The second-order valence-electron chi connectivity index (χ2n) is 7.44. The van der Waals surface area contributed by atoms with Crippen molar-refractivity contribution >= 4 is 11.8 Å². The van der Waals surface area contributed by atoms with Crippen LogP contribution in [-0.4, -0.2) is 35.8 Å². The first kappa shape index (κ1) is 24.8. The Bertz CT molecular complexity index is 672. The van der Waals surface area contributed by atoms with Crippen LogP contribution in [-0.2, 0) is 4.79 Å². The highest BCUT2D eigenvalue weighted by Gasteiger charge is 2.37. The van der Waals surface area contributed by atoms with Gasteiger partial charge in [0.25, 0.3) is 5.91 Å². The topological polar surface area (TPSA) is 49.4 Å². The molecule has 2 amide bonds. The summed E-state index contributed by atoms with van der Waals surface area (Å²) in [5.41, 5.74) is 1.52. The molecule has 1 atom stereocenters. The number of rotatable bonds is 8. The highest BCUT2D eigenvalue weighted by Crippen LogP contribution is 2.30. The third-order valence-corrected chi connectivity index (χ3v) is 5.43. The quantitative estimate of drug-likeness (QED) is 0.497. The first-order valence-corrected chi connectivity index (χ1v) is 11.2. The molecule has 1 aromatic rings. The molecular formula is C25H38N2O2. The Labute approximate surface area is 177 Å². The number of amides is 2. The Kier molecular flexibility index (Phi) is 11.8. The van der Waals surface area contributed by atoms with Gasteiger partial charge < -0.3 is 10.2 Å². The normalized spacial score (nSPS) is 14.7. The fourth-order valence-corrected chi connectivity index (χ4v) is 3.92. The summed E-state index contributed by atoms with van der Waals surface area (Å²) in [4.78, 5) is 28.0. The van der Waals surface area contributed by atoms with Gasteiger partial charge in [0.2, 0.25) is 5.91 Å². The second-order valence-corrected chi connectivity index (χ2v) is 7.44. The number of unbranched alkanes of at least 4 members (excludes halogenated alkanes) is 1. The van der Waals surface area contributed by atoms with Crippen molar-refractivity contribution < 1.29 is 9.59 Å². The molecule has 1 N–H and O–H groups in total. The lowest BCUT2D eigenvalue weighted by atomic mass is 9.82. The highest BCUT2D eigenvalue weighted by molar-refractivity contribution is 5.99. The molecular weight excluding hydrogens is 360 g/mol. The monoisotopic (exact) mass is 398 g/mol. The minimum atomic E-state index is -0.495. The van der Waals surface area contributed by atoms with E-state index in [1.54, 1.807) is 4.90 Å². The summed E-state index contributed by atoms with van der Waals surface area (Å²) < 4.78 is 0. The molecule has 4 heteroatoms. The van der Waals surface area contributed by atoms with Crippen molar-refractivity contribution in [3.8, 4) is 12.3 Å². The molecule has 1 fully saturated rings. The predicted molar refractivity (Wildman–Crippen MR) is 121 cm³/mol. The molecule has 1 unspecified atom stereocenters. The number of carbonyl (C=O) groups excluding carboxylic acids is 2. The van der Waals surface area contributed by atoms with Crippen LogP contribution >= 0.6 is 0 Å². The molecule has 1 aromatic carbocycles. The molecule has 4 nitrogen and oxygen atoms in total. The summed E-state index contributed by atoms with van der Waals surface area (Å²) in [5, 5.41) is 3.04. The largest absolute Gasteiger partial charge is 0.354 e. The minimum absolute atomic E-state index is 0.0625. The average molecular weight is 399 g/mol. The number of nitrogens with zero attached hydrogens (tertiary/aromatic N) is 1. The summed E-state index contributed by atoms with van der Waals surface area (Å²) in [6.45, 7) is 8.80. The third-order valence-electron chi connectivity index (χ3n) is 5.43. The molecule has 2 rings (SSSR count). The second kappa shape index (κ2) is 13.8. The number of hydrogen-bond acceptors (Lipinski definition) is 2. The van der Waals surface area contributed by atoms with Crippen molar-refractivity contribution in [2.45, 2.75) is 78.7 Å². The van der Waals surface area contributed by atoms with Crippen LogP contribution in [0.1, 0.15) is 81.6 Å². The molecule has 1 saturated carbocycles. The maximum atomic E-state index is 13.3. The lowest BCUT2D eigenvalue weighted by Crippen LogP contribution is -2.54. The van der Waals surface area contributed by atoms with Crippen LogP contribution in [0.3, 0.4) is 0 Å². The van der Waals surface area contributed by atoms with Gasteiger partial charge in [0, 0.05) is 12.1 Å². The number of hydrogen-bond donors (Lipinski definition) is 1. The van der Waals surface area contributed by atoms with Gasteiger partial charge in [0.1, 0.15) is 6.04 Å². The summed E-state index contributed by atoms with van der Waals surface area (Å²) in [7, 11) is 0. The molecule has 0 aliphatic heterocycles. The molecule has 0 spiro atoms. The van der Waals surface area contributed by atoms with Crippen molar-refractivity contribution in [2.24, 2.45) is 5.92 Å². The standard InChI is InChI=1S/C23H32N2O2.C2H6/c1-4-6-16-24-22(26)21(19-13-8-7-9-14-19)25(17-5-2)23(27)20-15-11-10-12-18(20)3;1-2/h2,10-12,15,19,21H,4,6-9,13-14,16-17H2,1,3H3,(H,24,26);1-2H3. The van der Waals surface area contributed by atoms with Crippen LogP contribution in [0.15, 0.2) is 24.3 Å². The lowest BCUT2D eigenvalue weighted by molar-refractivity contribution is -0.127. The van der Waals surface area contributed by atoms with E-state index in [1.807, 2.05) is 45.0 Å². The van der Waals surface area contributed by atoms with Crippen LogP contribution in [0, 0.1) is 25.2 Å². The minimum Gasteiger partial charge on any atom is -0.354 e. The Morgan fingerprint density at radius 2 is 1.86 bits per heavy atom. The first-order valence-electron chi connectivity index (χ1n) is 11.2. The fraction of sp³-hybridized carbons (Fsp3) is 0.600. The van der Waals surface area contributed by atoms with E-state index in [2.05, 4.69) is 18.2 Å². The zero-order chi connectivity index (χ0) is 21.6. The van der Waals surface area contributed by atoms with E-state index in [4.69, 9.17) is 6.42 Å². The number of benzene rings is 1. The van der Waals surface area contributed by atoms with Gasteiger partial charge in [0.05, 0.1) is 6.54 Å². The predicted octanol–water partition coefficient (Wildman–Crippen LogP) is 4.96. The molecule has 0 aromatic heterocycles. The number of terminal acetylenes is 1. The summed E-state index contributed by atoms with van der Waals surface area (Å²) in [6.07, 6.45) is 12.9. The van der Waals surface area contributed by atoms with Gasteiger partial charge in [-0.2, -0.15) is 0 Å². The first-order chi connectivity index (χ1) is 14.1. The molecule has 1 aliphatic rings. The van der Waals surface area contributed by atoms with Crippen molar-refractivity contribution in [1.82, 2.24) is 10.2 Å². The van der Waals surface area contributed by atoms with Crippen LogP contribution in [0.5, 0.6) is 0 Å². The van der Waals surface area contributed by atoms with Crippen molar-refractivity contribution in [3.05, 3.63) is 35.4 Å². The Hall–Kier alpha value is -2.28. The molecule has 0 radical (unpaired) electrons. The van der Waals surface area contributed by atoms with Gasteiger partial charge in [-0.1, -0.05) is 70.6 Å². The van der Waals surface area contributed by atoms with Crippen LogP contribution in [0.4, 0.5) is 0 Å². The third kappa shape index (κ3) is 7.24. The zero-order valence-electron chi connectivity index (χ0n) is 18.7. The van der Waals surface area contributed by atoms with Gasteiger partial charge in [-0.3, -0.25) is 9.59 Å². The van der Waals surface area contributed by atoms with E-state index in [-0.39, 0.29) is 24.3 Å². The van der Waals surface area contributed by atoms with Crippen LogP contribution in [0.25, 0.3) is 0 Å². The van der Waals surface area contributed by atoms with Gasteiger partial charge in [0.15, 0.2) is 0 Å². The van der Waals surface area contributed by atoms with Gasteiger partial charge in [-0.25, -0.2) is 0 Å². The van der Waals surface area contributed by atoms with E-state index in [9.17, 15) is 9.59 Å². The molecule has 0 bridgehead atoms. The van der Waals surface area contributed by atoms with E-state index in [0.717, 1.165) is 44.1 Å². The highest BCUT2D eigenvalue weighted by atomic mass is 16.2. The smallest absolute Gasteiger partial charge is 0.255 e. The van der Waals surface area contributed by atoms with E-state index < -0.39 is 6.04 Å². The Balaban J connectivity index is 0.00000204. The zero-order valence-corrected chi connectivity index (χ0v) is 18.7. The van der Waals surface area contributed by atoms with Gasteiger partial charge in [-0.15, -0.1) is 6.42 Å². The maximum Gasteiger partial charge on any atom is 0.255 e. The van der Waals surface area contributed by atoms with E-state index in [0.29, 0.717) is 12.1 Å². The van der Waals surface area contributed by atoms with Crippen LogP contribution in [0.2, 0.25) is 0 Å². The number of carbonyl (C=O) groups is 2. The number of nitrogens with one attached hydrogen (secondary N) is 1. The molecule has 29 heavy (non-hydrogen) atoms. The molecule has 0 heterocycles. The van der Waals surface area contributed by atoms with Crippen LogP contribution < -0.4 is 5.32 Å². The van der Waals surface area contributed by atoms with Crippen molar-refractivity contribution in [2.75, 3.05) is 13.1 Å². The lowest BCUT2D eigenvalue weighted by Gasteiger charge is -2.37. The Morgan fingerprint density at radius 3 is 2.45 bits per heavy atom. The maximum absolute atomic E-state index is 13.3. The van der Waals surface area contributed by atoms with Crippen molar-refractivity contribution in [3.63, 3.8) is 0 Å². The summed E-state index contributed by atoms with van der Waals surface area (Å²) in [5.74, 6) is 2.56. The van der Waals surface area contributed by atoms with Gasteiger partial charge >= 0.3 is 0 Å². The summed E-state index contributed by atoms with van der Waals surface area (Å²) >= 11 is 0. The van der Waals surface area contributed by atoms with E-state index >= 15 is 0 Å². The van der Waals surface area contributed by atoms with Crippen molar-refractivity contribution in [1.29, 1.82) is 0 Å². The molecule has 160 valence electrons. The van der Waals surface area contributed by atoms with Gasteiger partial charge in [-0.05, 0) is 43.7 Å². The number of aryl methyl sites for hydroxylation is 1. The average Bonchev–Trinajstić information content (AvgIpc) is 2.75. The summed E-state index contributed by atoms with van der Waals surface area (Å²) in [6, 6.07) is 7.00. The molecule has 1 aliphatic carbocycles. The van der Waals surface area contributed by atoms with E-state index in [1.165, 1.54) is 6.42 Å². The SMILES string of the molecule is C#CCN(C(=O)c1ccccc1C)C(C(=O)NCCCC)C1CCCCC1.CC. The fourth-order valence-electron chi connectivity index (χ4n) is 3.92. The molecule has 0 saturated heterocycles. The Morgan fingerprint density at radius 1 is 1.21 bits per heavy atom.